The summed E-state index contributed by atoms with van der Waals surface area (Å²) in [6.45, 7) is 4.66. The molecule has 1 aliphatic heterocycles. The molecule has 2 unspecified atom stereocenters. The van der Waals surface area contributed by atoms with E-state index in [1.165, 1.54) is 0 Å². The molecule has 10 heavy (non-hydrogen) atoms. The fraction of sp³-hybridized carbons (Fsp3) is 0.833. The van der Waals surface area contributed by atoms with Gasteiger partial charge in [-0.15, -0.1) is 0 Å². The highest BCUT2D eigenvalue weighted by Crippen LogP contribution is 2.22. The summed E-state index contributed by atoms with van der Waals surface area (Å²) in [4.78, 5) is 0. The lowest BCUT2D eigenvalue weighted by Crippen LogP contribution is -2.30. The van der Waals surface area contributed by atoms with Gasteiger partial charge >= 0.3 is 0 Å². The van der Waals surface area contributed by atoms with Crippen molar-refractivity contribution in [3.63, 3.8) is 0 Å². The van der Waals surface area contributed by atoms with Crippen LogP contribution in [0.3, 0.4) is 0 Å². The summed E-state index contributed by atoms with van der Waals surface area (Å²) < 4.78 is 17.2. The molecule has 0 amide bonds. The summed E-state index contributed by atoms with van der Waals surface area (Å²) in [6.07, 6.45) is -4.85. The summed E-state index contributed by atoms with van der Waals surface area (Å²) in [6, 6.07) is 0. The van der Waals surface area contributed by atoms with Crippen molar-refractivity contribution in [2.45, 2.75) is 24.5 Å². The summed E-state index contributed by atoms with van der Waals surface area (Å²) >= 11 is 0. The van der Waals surface area contributed by atoms with Crippen LogP contribution in [0.25, 0.3) is 0 Å². The first kappa shape index (κ1) is 7.91. The number of alkyl halides is 1. The Labute approximate surface area is 58.4 Å². The lowest BCUT2D eigenvalue weighted by atomic mass is 10.1. The Hall–Kier alpha value is -0.190. The van der Waals surface area contributed by atoms with E-state index >= 15 is 0 Å². The highest BCUT2D eigenvalue weighted by atomic mass is 19.1. The third-order valence-electron chi connectivity index (χ3n) is 1.53. The SMILES string of the molecule is [CH]C1O[C@H](CO)[C@H](O)C1F. The van der Waals surface area contributed by atoms with Crippen LogP contribution in [0.15, 0.2) is 0 Å². The smallest absolute Gasteiger partial charge is 0.155 e. The van der Waals surface area contributed by atoms with Gasteiger partial charge in [0.05, 0.1) is 12.7 Å². The number of aliphatic hydroxyl groups excluding tert-OH is 2. The molecule has 0 aromatic carbocycles. The summed E-state index contributed by atoms with van der Waals surface area (Å²) in [5.74, 6) is 0. The molecule has 0 aromatic rings. The van der Waals surface area contributed by atoms with Gasteiger partial charge in [0.15, 0.2) is 6.17 Å². The Kier molecular flexibility index (Phi) is 2.23. The van der Waals surface area contributed by atoms with E-state index in [1.54, 1.807) is 0 Å². The van der Waals surface area contributed by atoms with E-state index in [-0.39, 0.29) is 0 Å². The topological polar surface area (TPSA) is 49.7 Å². The number of rotatable bonds is 1. The minimum Gasteiger partial charge on any atom is -0.394 e. The fourth-order valence-electron chi connectivity index (χ4n) is 0.908. The van der Waals surface area contributed by atoms with Crippen LogP contribution >= 0.6 is 0 Å². The average molecular weight is 148 g/mol. The minimum absolute atomic E-state index is 0.407. The van der Waals surface area contributed by atoms with Gasteiger partial charge in [-0.1, -0.05) is 0 Å². The molecule has 0 aliphatic carbocycles. The first-order valence-electron chi connectivity index (χ1n) is 3.01. The molecular formula is C6H9FO3. The summed E-state index contributed by atoms with van der Waals surface area (Å²) in [7, 11) is 0. The highest BCUT2D eigenvalue weighted by molar-refractivity contribution is 4.91. The van der Waals surface area contributed by atoms with Gasteiger partial charge in [-0.3, -0.25) is 0 Å². The largest absolute Gasteiger partial charge is 0.394 e. The van der Waals surface area contributed by atoms with E-state index in [1.807, 2.05) is 0 Å². The van der Waals surface area contributed by atoms with Gasteiger partial charge in [0.1, 0.15) is 12.2 Å². The van der Waals surface area contributed by atoms with Crippen molar-refractivity contribution in [2.75, 3.05) is 6.61 Å². The van der Waals surface area contributed by atoms with Crippen LogP contribution in [0.5, 0.6) is 0 Å². The number of hydrogen-bond donors (Lipinski definition) is 2. The second-order valence-electron chi connectivity index (χ2n) is 2.26. The van der Waals surface area contributed by atoms with E-state index in [0.717, 1.165) is 0 Å². The predicted molar refractivity (Wildman–Crippen MR) is 30.9 cm³/mol. The molecule has 1 aliphatic rings. The maximum atomic E-state index is 12.5. The molecule has 58 valence electrons. The van der Waals surface area contributed by atoms with E-state index in [0.29, 0.717) is 0 Å². The van der Waals surface area contributed by atoms with Gasteiger partial charge in [0.25, 0.3) is 0 Å². The normalized spacial score (nSPS) is 48.0. The molecule has 0 aromatic heterocycles. The number of aliphatic hydroxyl groups is 2. The number of halogens is 1. The first-order chi connectivity index (χ1) is 4.66. The molecule has 1 saturated heterocycles. The Balaban J connectivity index is 2.53. The second kappa shape index (κ2) is 2.82. The predicted octanol–water partition coefficient (Wildman–Crippen LogP) is -0.844. The monoisotopic (exact) mass is 148 g/mol. The molecule has 1 heterocycles. The van der Waals surface area contributed by atoms with Crippen molar-refractivity contribution in [2.24, 2.45) is 0 Å². The van der Waals surface area contributed by atoms with Crippen molar-refractivity contribution in [3.05, 3.63) is 6.92 Å². The van der Waals surface area contributed by atoms with E-state index in [9.17, 15) is 4.39 Å². The first-order valence-corrected chi connectivity index (χ1v) is 3.01. The summed E-state index contributed by atoms with van der Waals surface area (Å²) in [5.41, 5.74) is 0. The lowest BCUT2D eigenvalue weighted by molar-refractivity contribution is -0.0117. The number of hydrogen-bond acceptors (Lipinski definition) is 3. The van der Waals surface area contributed by atoms with Crippen molar-refractivity contribution < 1.29 is 19.3 Å². The van der Waals surface area contributed by atoms with Crippen LogP contribution < -0.4 is 0 Å². The molecule has 1 fully saturated rings. The zero-order chi connectivity index (χ0) is 7.72. The third kappa shape index (κ3) is 1.14. The standard InChI is InChI=1S/C6H9FO3/c1-3-5(7)6(9)4(2-8)10-3/h1,3-6,8-9H,2H2/t3?,4-,5?,6+/m1/s1. The van der Waals surface area contributed by atoms with E-state index in [2.05, 4.69) is 4.74 Å². The average Bonchev–Trinajstić information content (AvgIpc) is 2.17. The van der Waals surface area contributed by atoms with Gasteiger partial charge < -0.3 is 14.9 Å². The third-order valence-corrected chi connectivity index (χ3v) is 1.53. The van der Waals surface area contributed by atoms with E-state index < -0.39 is 31.1 Å². The van der Waals surface area contributed by atoms with Crippen molar-refractivity contribution in [1.29, 1.82) is 0 Å². The molecule has 2 radical (unpaired) electrons. The Morgan fingerprint density at radius 3 is 2.40 bits per heavy atom. The molecule has 4 atom stereocenters. The zero-order valence-corrected chi connectivity index (χ0v) is 5.27. The Morgan fingerprint density at radius 1 is 1.60 bits per heavy atom. The van der Waals surface area contributed by atoms with Gasteiger partial charge in [0, 0.05) is 0 Å². The van der Waals surface area contributed by atoms with Crippen molar-refractivity contribution in [3.8, 4) is 0 Å². The highest BCUT2D eigenvalue weighted by Gasteiger charge is 2.41. The molecular weight excluding hydrogens is 139 g/mol. The summed E-state index contributed by atoms with van der Waals surface area (Å²) in [5, 5.41) is 17.4. The fourth-order valence-corrected chi connectivity index (χ4v) is 0.908. The lowest BCUT2D eigenvalue weighted by Gasteiger charge is -2.08. The van der Waals surface area contributed by atoms with Crippen molar-refractivity contribution >= 4 is 0 Å². The van der Waals surface area contributed by atoms with Gasteiger partial charge in [-0.2, -0.15) is 0 Å². The molecule has 0 spiro atoms. The maximum absolute atomic E-state index is 12.5. The molecule has 0 bridgehead atoms. The molecule has 4 heteroatoms. The van der Waals surface area contributed by atoms with Crippen LogP contribution in [0.2, 0.25) is 0 Å². The van der Waals surface area contributed by atoms with Gasteiger partial charge in [-0.05, 0) is 6.92 Å². The van der Waals surface area contributed by atoms with Crippen LogP contribution in [0.4, 0.5) is 4.39 Å². The van der Waals surface area contributed by atoms with Crippen LogP contribution in [-0.2, 0) is 4.74 Å². The van der Waals surface area contributed by atoms with Crippen LogP contribution in [0.1, 0.15) is 0 Å². The van der Waals surface area contributed by atoms with Crippen LogP contribution in [0, 0.1) is 6.92 Å². The van der Waals surface area contributed by atoms with Gasteiger partial charge in [0.2, 0.25) is 0 Å². The molecule has 1 rings (SSSR count). The van der Waals surface area contributed by atoms with Gasteiger partial charge in [-0.25, -0.2) is 4.39 Å². The molecule has 0 saturated carbocycles. The Morgan fingerprint density at radius 2 is 2.20 bits per heavy atom. The second-order valence-corrected chi connectivity index (χ2v) is 2.26. The molecule has 2 N–H and O–H groups in total. The quantitative estimate of drug-likeness (QED) is 0.509. The van der Waals surface area contributed by atoms with E-state index in [4.69, 9.17) is 17.1 Å². The van der Waals surface area contributed by atoms with Crippen molar-refractivity contribution in [1.82, 2.24) is 0 Å². The number of ether oxygens (including phenoxy) is 1. The minimum atomic E-state index is -1.59. The molecule has 3 nitrogen and oxygen atoms in total. The Bertz CT molecular complexity index is 120. The maximum Gasteiger partial charge on any atom is 0.155 e. The van der Waals surface area contributed by atoms with Crippen LogP contribution in [-0.4, -0.2) is 41.3 Å². The zero-order valence-electron chi connectivity index (χ0n) is 5.27.